The molecule has 218 valence electrons. The molecule has 1 saturated heterocycles. The molecule has 0 spiro atoms. The van der Waals surface area contributed by atoms with Gasteiger partial charge in [0.25, 0.3) is 5.91 Å². The zero-order valence-electron chi connectivity index (χ0n) is 25.3. The van der Waals surface area contributed by atoms with Crippen molar-refractivity contribution in [2.75, 3.05) is 46.0 Å². The molecule has 2 N–H and O–H groups in total. The highest BCUT2D eigenvalue weighted by Gasteiger charge is 2.35. The summed E-state index contributed by atoms with van der Waals surface area (Å²) < 4.78 is 13.6. The average Bonchev–Trinajstić information content (AvgIpc) is 3.36. The van der Waals surface area contributed by atoms with Crippen molar-refractivity contribution in [2.24, 2.45) is 5.41 Å². The minimum absolute atomic E-state index is 0.0106. The molecular weight excluding hydrogens is 490 g/mol. The topological polar surface area (TPSA) is 76.0 Å². The van der Waals surface area contributed by atoms with Crippen LogP contribution in [-0.4, -0.2) is 72.6 Å². The van der Waals surface area contributed by atoms with Crippen LogP contribution in [0.3, 0.4) is 0 Å². The van der Waals surface area contributed by atoms with Crippen LogP contribution >= 0.6 is 0 Å². The number of nitrogens with one attached hydrogen (secondary N) is 1. The number of carbonyl (C=O) groups is 1. The van der Waals surface area contributed by atoms with Gasteiger partial charge in [-0.3, -0.25) is 9.69 Å². The van der Waals surface area contributed by atoms with Gasteiger partial charge in [-0.1, -0.05) is 46.8 Å². The van der Waals surface area contributed by atoms with E-state index in [1.807, 2.05) is 32.9 Å². The summed E-state index contributed by atoms with van der Waals surface area (Å²) in [4.78, 5) is 15.6. The highest BCUT2D eigenvalue weighted by Crippen LogP contribution is 2.41. The van der Waals surface area contributed by atoms with E-state index in [2.05, 4.69) is 60.7 Å². The summed E-state index contributed by atoms with van der Waals surface area (Å²) in [6.45, 7) is 20.8. The number of aliphatic hydroxyl groups is 1. The van der Waals surface area contributed by atoms with Gasteiger partial charge in [0.1, 0.15) is 18.1 Å². The summed E-state index contributed by atoms with van der Waals surface area (Å²) >= 11 is 0. The molecule has 1 aliphatic rings. The Balaban J connectivity index is 1.76. The highest BCUT2D eigenvalue weighted by atomic mass is 16.5. The maximum Gasteiger partial charge on any atom is 0.267 e. The normalized spacial score (nSPS) is 15.8. The van der Waals surface area contributed by atoms with Crippen molar-refractivity contribution in [2.45, 2.75) is 85.8 Å². The van der Waals surface area contributed by atoms with Crippen LogP contribution in [0.25, 0.3) is 0 Å². The monoisotopic (exact) mass is 541 g/mol. The molecule has 1 fully saturated rings. The van der Waals surface area contributed by atoms with Crippen LogP contribution in [0.15, 0.2) is 30.3 Å². The van der Waals surface area contributed by atoms with E-state index in [4.69, 9.17) is 9.47 Å². The zero-order valence-corrected chi connectivity index (χ0v) is 25.3. The van der Waals surface area contributed by atoms with E-state index < -0.39 is 6.10 Å². The first-order chi connectivity index (χ1) is 18.6. The lowest BCUT2D eigenvalue weighted by molar-refractivity contribution is 0.0216. The number of carbonyl (C=O) groups excluding carboxylic acids is 1. The van der Waals surface area contributed by atoms with Crippen LogP contribution in [0, 0.1) is 12.3 Å². The molecule has 0 aliphatic carbocycles. The minimum atomic E-state index is -0.543. The number of ether oxygens (including phenoxy) is 2. The molecule has 1 aliphatic heterocycles. The third-order valence-corrected chi connectivity index (χ3v) is 8.39. The van der Waals surface area contributed by atoms with Crippen LogP contribution in [0.4, 0.5) is 0 Å². The molecule has 0 saturated carbocycles. The fourth-order valence-corrected chi connectivity index (χ4v) is 5.54. The smallest absolute Gasteiger partial charge is 0.267 e. The van der Waals surface area contributed by atoms with Gasteiger partial charge in [0, 0.05) is 37.3 Å². The van der Waals surface area contributed by atoms with Gasteiger partial charge in [-0.25, -0.2) is 0 Å². The Bertz CT molecular complexity index is 1060. The van der Waals surface area contributed by atoms with E-state index in [1.54, 1.807) is 0 Å². The molecule has 0 radical (unpaired) electrons. The fourth-order valence-electron chi connectivity index (χ4n) is 5.54. The van der Waals surface area contributed by atoms with Gasteiger partial charge in [0.2, 0.25) is 0 Å². The van der Waals surface area contributed by atoms with Crippen LogP contribution in [0.2, 0.25) is 0 Å². The number of nitrogens with zero attached hydrogens (tertiary/aromatic N) is 2. The highest BCUT2D eigenvalue weighted by molar-refractivity contribution is 5.93. The van der Waals surface area contributed by atoms with Crippen LogP contribution in [0.5, 0.6) is 5.75 Å². The van der Waals surface area contributed by atoms with Gasteiger partial charge in [-0.15, -0.1) is 0 Å². The predicted octanol–water partition coefficient (Wildman–Crippen LogP) is 5.16. The summed E-state index contributed by atoms with van der Waals surface area (Å²) in [5.41, 5.74) is 3.71. The van der Waals surface area contributed by atoms with E-state index in [-0.39, 0.29) is 23.3 Å². The largest absolute Gasteiger partial charge is 0.491 e. The van der Waals surface area contributed by atoms with E-state index in [0.29, 0.717) is 6.54 Å². The quantitative estimate of drug-likeness (QED) is 0.343. The summed E-state index contributed by atoms with van der Waals surface area (Å²) in [5.74, 6) is 0.787. The second-order valence-corrected chi connectivity index (χ2v) is 11.9. The molecule has 1 atom stereocenters. The molecule has 1 aromatic heterocycles. The number of aliphatic hydroxyl groups excluding tert-OH is 1. The molecule has 2 heterocycles. The van der Waals surface area contributed by atoms with Crippen molar-refractivity contribution in [1.29, 1.82) is 0 Å². The van der Waals surface area contributed by atoms with Gasteiger partial charge >= 0.3 is 0 Å². The number of amides is 1. The van der Waals surface area contributed by atoms with Crippen molar-refractivity contribution < 1.29 is 19.4 Å². The SMILES string of the molecule is CCn1c(C(=O)NCCCN2CCOCC2)ccc1C(CC)(CC)c1ccc(OCC(O)C(C)(C)C)c(C)c1. The summed E-state index contributed by atoms with van der Waals surface area (Å²) in [6, 6.07) is 10.5. The van der Waals surface area contributed by atoms with E-state index in [1.165, 1.54) is 11.3 Å². The summed E-state index contributed by atoms with van der Waals surface area (Å²) in [7, 11) is 0. The maximum absolute atomic E-state index is 13.2. The Morgan fingerprint density at radius 3 is 2.38 bits per heavy atom. The van der Waals surface area contributed by atoms with Crippen molar-refractivity contribution in [3.05, 3.63) is 52.8 Å². The molecule has 1 aromatic carbocycles. The lowest BCUT2D eigenvalue weighted by Gasteiger charge is -2.35. The molecular formula is C32H51N3O4. The van der Waals surface area contributed by atoms with Crippen LogP contribution < -0.4 is 10.1 Å². The van der Waals surface area contributed by atoms with Crippen LogP contribution in [-0.2, 0) is 16.7 Å². The van der Waals surface area contributed by atoms with Crippen molar-refractivity contribution in [1.82, 2.24) is 14.8 Å². The van der Waals surface area contributed by atoms with Gasteiger partial charge in [-0.2, -0.15) is 0 Å². The lowest BCUT2D eigenvalue weighted by Crippen LogP contribution is -2.38. The number of benzene rings is 1. The number of rotatable bonds is 13. The number of aryl methyl sites for hydroxylation is 1. The first-order valence-corrected chi connectivity index (χ1v) is 14.8. The van der Waals surface area contributed by atoms with E-state index in [9.17, 15) is 9.90 Å². The molecule has 2 aromatic rings. The minimum Gasteiger partial charge on any atom is -0.491 e. The molecule has 39 heavy (non-hydrogen) atoms. The third kappa shape index (κ3) is 7.44. The molecule has 1 unspecified atom stereocenters. The number of hydrogen-bond acceptors (Lipinski definition) is 5. The molecule has 0 bridgehead atoms. The summed E-state index contributed by atoms with van der Waals surface area (Å²) in [6.07, 6.45) is 2.21. The fraction of sp³-hybridized carbons (Fsp3) is 0.656. The van der Waals surface area contributed by atoms with E-state index in [0.717, 1.165) is 75.7 Å². The van der Waals surface area contributed by atoms with Gasteiger partial charge in [0.15, 0.2) is 0 Å². The Hall–Kier alpha value is -2.35. The molecule has 7 nitrogen and oxygen atoms in total. The second kappa shape index (κ2) is 13.8. The van der Waals surface area contributed by atoms with Crippen molar-refractivity contribution in [3.8, 4) is 5.75 Å². The van der Waals surface area contributed by atoms with Gasteiger partial charge < -0.3 is 24.5 Å². The zero-order chi connectivity index (χ0) is 28.6. The summed E-state index contributed by atoms with van der Waals surface area (Å²) in [5, 5.41) is 13.6. The maximum atomic E-state index is 13.2. The van der Waals surface area contributed by atoms with Gasteiger partial charge in [0.05, 0.1) is 19.3 Å². The van der Waals surface area contributed by atoms with Crippen molar-refractivity contribution in [3.63, 3.8) is 0 Å². The second-order valence-electron chi connectivity index (χ2n) is 11.9. The van der Waals surface area contributed by atoms with Crippen LogP contribution in [0.1, 0.15) is 88.1 Å². The van der Waals surface area contributed by atoms with E-state index >= 15 is 0 Å². The number of hydrogen-bond donors (Lipinski definition) is 2. The molecule has 3 rings (SSSR count). The molecule has 7 heteroatoms. The first-order valence-electron chi connectivity index (χ1n) is 14.8. The Morgan fingerprint density at radius 2 is 1.79 bits per heavy atom. The Labute approximate surface area is 235 Å². The Kier molecular flexibility index (Phi) is 11.1. The molecule has 1 amide bonds. The predicted molar refractivity (Wildman–Crippen MR) is 158 cm³/mol. The number of morpholine rings is 1. The van der Waals surface area contributed by atoms with Gasteiger partial charge in [-0.05, 0) is 74.4 Å². The first kappa shape index (κ1) is 31.2. The Morgan fingerprint density at radius 1 is 1.10 bits per heavy atom. The number of aromatic nitrogens is 1. The third-order valence-electron chi connectivity index (χ3n) is 8.39. The van der Waals surface area contributed by atoms with Crippen molar-refractivity contribution >= 4 is 5.91 Å². The lowest BCUT2D eigenvalue weighted by atomic mass is 9.72. The standard InChI is InChI=1S/C32H51N3O4/c1-8-32(9-2,25-12-14-27(24(4)22-25)39-23-29(36)31(5,6)7)28-15-13-26(35(28)10-3)30(37)33-16-11-17-34-18-20-38-21-19-34/h12-15,22,29,36H,8-11,16-21,23H2,1-7H3,(H,33,37). The average molecular weight is 542 g/mol.